The second-order valence-corrected chi connectivity index (χ2v) is 5.14. The lowest BCUT2D eigenvalue weighted by Crippen LogP contribution is -2.32. The van der Waals surface area contributed by atoms with Crippen LogP contribution in [0.3, 0.4) is 0 Å². The van der Waals surface area contributed by atoms with Crippen molar-refractivity contribution in [2.24, 2.45) is 0 Å². The van der Waals surface area contributed by atoms with Crippen LogP contribution in [0.15, 0.2) is 36.4 Å². The SMILES string of the molecule is CCC(Oc1ccc2c(c1)OCO2)C(=O)Nc1cc(F)ccc1F. The van der Waals surface area contributed by atoms with Crippen LogP contribution < -0.4 is 19.5 Å². The summed E-state index contributed by atoms with van der Waals surface area (Å²) in [5.74, 6) is -0.389. The lowest BCUT2D eigenvalue weighted by atomic mass is 10.2. The first-order valence-electron chi connectivity index (χ1n) is 7.39. The van der Waals surface area contributed by atoms with E-state index in [9.17, 15) is 13.6 Å². The summed E-state index contributed by atoms with van der Waals surface area (Å²) in [7, 11) is 0. The lowest BCUT2D eigenvalue weighted by Gasteiger charge is -2.17. The van der Waals surface area contributed by atoms with Gasteiger partial charge >= 0.3 is 0 Å². The fourth-order valence-corrected chi connectivity index (χ4v) is 2.24. The van der Waals surface area contributed by atoms with E-state index in [-0.39, 0.29) is 12.5 Å². The molecule has 2 aromatic carbocycles. The van der Waals surface area contributed by atoms with Crippen LogP contribution in [-0.4, -0.2) is 18.8 Å². The third-order valence-corrected chi connectivity index (χ3v) is 3.47. The quantitative estimate of drug-likeness (QED) is 0.909. The standard InChI is InChI=1S/C17H15F2NO4/c1-2-14(17(21)20-13-7-10(18)3-5-12(13)19)24-11-4-6-15-16(8-11)23-9-22-15/h3-8,14H,2,9H2,1H3,(H,20,21). The smallest absolute Gasteiger partial charge is 0.265 e. The summed E-state index contributed by atoms with van der Waals surface area (Å²) in [6.45, 7) is 1.88. The zero-order valence-electron chi connectivity index (χ0n) is 12.8. The summed E-state index contributed by atoms with van der Waals surface area (Å²) >= 11 is 0. The van der Waals surface area contributed by atoms with Crippen LogP contribution in [0.1, 0.15) is 13.3 Å². The lowest BCUT2D eigenvalue weighted by molar-refractivity contribution is -0.122. The summed E-state index contributed by atoms with van der Waals surface area (Å²) in [6.07, 6.45) is -0.523. The van der Waals surface area contributed by atoms with E-state index in [1.54, 1.807) is 25.1 Å². The van der Waals surface area contributed by atoms with E-state index in [4.69, 9.17) is 14.2 Å². The van der Waals surface area contributed by atoms with Crippen molar-refractivity contribution in [1.29, 1.82) is 0 Å². The molecule has 5 nitrogen and oxygen atoms in total. The summed E-state index contributed by atoms with van der Waals surface area (Å²) in [6, 6.07) is 7.78. The second kappa shape index (κ2) is 6.74. The molecule has 0 radical (unpaired) electrons. The van der Waals surface area contributed by atoms with Crippen molar-refractivity contribution in [3.63, 3.8) is 0 Å². The molecule has 7 heteroatoms. The molecule has 1 N–H and O–H groups in total. The fourth-order valence-electron chi connectivity index (χ4n) is 2.24. The Morgan fingerprint density at radius 2 is 2.00 bits per heavy atom. The first-order chi connectivity index (χ1) is 11.6. The minimum absolute atomic E-state index is 0.134. The van der Waals surface area contributed by atoms with Gasteiger partial charge in [0.05, 0.1) is 5.69 Å². The summed E-state index contributed by atoms with van der Waals surface area (Å²) in [4.78, 5) is 12.3. The summed E-state index contributed by atoms with van der Waals surface area (Å²) in [5, 5.41) is 2.34. The molecule has 0 saturated heterocycles. The largest absolute Gasteiger partial charge is 0.480 e. The molecule has 1 heterocycles. The number of halogens is 2. The third kappa shape index (κ3) is 3.40. The molecule has 0 spiro atoms. The highest BCUT2D eigenvalue weighted by Gasteiger charge is 2.21. The van der Waals surface area contributed by atoms with Crippen LogP contribution in [0.4, 0.5) is 14.5 Å². The normalized spacial score (nSPS) is 13.5. The van der Waals surface area contributed by atoms with Gasteiger partial charge in [0, 0.05) is 12.1 Å². The van der Waals surface area contributed by atoms with Crippen molar-refractivity contribution in [2.75, 3.05) is 12.1 Å². The van der Waals surface area contributed by atoms with Gasteiger partial charge in [-0.1, -0.05) is 6.92 Å². The fraction of sp³-hybridized carbons (Fsp3) is 0.235. The number of hydrogen-bond acceptors (Lipinski definition) is 4. The molecule has 126 valence electrons. The number of ether oxygens (including phenoxy) is 3. The van der Waals surface area contributed by atoms with Gasteiger partial charge in [-0.2, -0.15) is 0 Å². The molecule has 0 saturated carbocycles. The summed E-state index contributed by atoms with van der Waals surface area (Å²) in [5.41, 5.74) is -0.229. The number of benzene rings is 2. The molecule has 1 aliphatic rings. The Bertz CT molecular complexity index is 766. The Labute approximate surface area is 137 Å². The van der Waals surface area contributed by atoms with Crippen LogP contribution in [0.25, 0.3) is 0 Å². The minimum Gasteiger partial charge on any atom is -0.480 e. The highest BCUT2D eigenvalue weighted by atomic mass is 19.1. The van der Waals surface area contributed by atoms with Gasteiger partial charge in [-0.05, 0) is 30.7 Å². The van der Waals surface area contributed by atoms with Crippen LogP contribution in [0.2, 0.25) is 0 Å². The van der Waals surface area contributed by atoms with E-state index in [2.05, 4.69) is 5.32 Å². The molecule has 3 rings (SSSR count). The third-order valence-electron chi connectivity index (χ3n) is 3.47. The van der Waals surface area contributed by atoms with Crippen LogP contribution in [0.5, 0.6) is 17.2 Å². The van der Waals surface area contributed by atoms with Gasteiger partial charge in [0.1, 0.15) is 17.4 Å². The molecular weight excluding hydrogens is 320 g/mol. The molecule has 1 unspecified atom stereocenters. The number of carbonyl (C=O) groups is 1. The van der Waals surface area contributed by atoms with Gasteiger partial charge in [0.25, 0.3) is 5.91 Å². The second-order valence-electron chi connectivity index (χ2n) is 5.14. The Morgan fingerprint density at radius 3 is 2.79 bits per heavy atom. The van der Waals surface area contributed by atoms with Crippen molar-refractivity contribution < 1.29 is 27.8 Å². The van der Waals surface area contributed by atoms with E-state index >= 15 is 0 Å². The van der Waals surface area contributed by atoms with Crippen LogP contribution in [0, 0.1) is 11.6 Å². The number of anilines is 1. The van der Waals surface area contributed by atoms with Gasteiger partial charge in [-0.15, -0.1) is 0 Å². The molecule has 2 aromatic rings. The van der Waals surface area contributed by atoms with Gasteiger partial charge in [-0.3, -0.25) is 4.79 Å². The zero-order chi connectivity index (χ0) is 17.1. The Hall–Kier alpha value is -2.83. The number of nitrogens with one attached hydrogen (secondary N) is 1. The number of rotatable bonds is 5. The zero-order valence-corrected chi connectivity index (χ0v) is 12.8. The molecule has 24 heavy (non-hydrogen) atoms. The van der Waals surface area contributed by atoms with E-state index in [0.717, 1.165) is 18.2 Å². The molecule has 1 aliphatic heterocycles. The number of fused-ring (bicyclic) bond motifs is 1. The highest BCUT2D eigenvalue weighted by Crippen LogP contribution is 2.35. The van der Waals surface area contributed by atoms with E-state index < -0.39 is 23.6 Å². The van der Waals surface area contributed by atoms with E-state index in [1.165, 1.54) is 0 Å². The van der Waals surface area contributed by atoms with Crippen LogP contribution >= 0.6 is 0 Å². The van der Waals surface area contributed by atoms with Gasteiger partial charge in [0.2, 0.25) is 6.79 Å². The Balaban J connectivity index is 1.71. The van der Waals surface area contributed by atoms with Crippen molar-refractivity contribution in [3.05, 3.63) is 48.0 Å². The molecule has 1 atom stereocenters. The van der Waals surface area contributed by atoms with Crippen LogP contribution in [-0.2, 0) is 4.79 Å². The highest BCUT2D eigenvalue weighted by molar-refractivity contribution is 5.94. The average Bonchev–Trinajstić information content (AvgIpc) is 3.03. The number of amides is 1. The van der Waals surface area contributed by atoms with E-state index in [1.807, 2.05) is 0 Å². The molecule has 0 aliphatic carbocycles. The maximum Gasteiger partial charge on any atom is 0.265 e. The summed E-state index contributed by atoms with van der Waals surface area (Å²) < 4.78 is 42.9. The van der Waals surface area contributed by atoms with Gasteiger partial charge < -0.3 is 19.5 Å². The monoisotopic (exact) mass is 335 g/mol. The maximum atomic E-state index is 13.6. The topological polar surface area (TPSA) is 56.8 Å². The molecular formula is C17H15F2NO4. The number of hydrogen-bond donors (Lipinski definition) is 1. The predicted octanol–water partition coefficient (Wildman–Crippen LogP) is 3.49. The first kappa shape index (κ1) is 16.0. The number of carbonyl (C=O) groups excluding carboxylic acids is 1. The molecule has 0 fully saturated rings. The van der Waals surface area contributed by atoms with Crippen molar-refractivity contribution >= 4 is 11.6 Å². The van der Waals surface area contributed by atoms with Gasteiger partial charge in [-0.25, -0.2) is 8.78 Å². The Morgan fingerprint density at radius 1 is 1.21 bits per heavy atom. The molecule has 1 amide bonds. The molecule has 0 bridgehead atoms. The predicted molar refractivity (Wildman–Crippen MR) is 82.3 cm³/mol. The maximum absolute atomic E-state index is 13.6. The average molecular weight is 335 g/mol. The van der Waals surface area contributed by atoms with Crippen molar-refractivity contribution in [3.8, 4) is 17.2 Å². The first-order valence-corrected chi connectivity index (χ1v) is 7.39. The van der Waals surface area contributed by atoms with E-state index in [0.29, 0.717) is 23.7 Å². The minimum atomic E-state index is -0.868. The van der Waals surface area contributed by atoms with Crippen molar-refractivity contribution in [1.82, 2.24) is 0 Å². The van der Waals surface area contributed by atoms with Gasteiger partial charge in [0.15, 0.2) is 17.6 Å². The molecule has 0 aromatic heterocycles. The van der Waals surface area contributed by atoms with Crippen molar-refractivity contribution in [2.45, 2.75) is 19.4 Å². The Kier molecular flexibility index (Phi) is 4.50.